The number of halogens is 1. The van der Waals surface area contributed by atoms with Gasteiger partial charge in [0, 0.05) is 51.4 Å². The van der Waals surface area contributed by atoms with E-state index in [2.05, 4.69) is 15.6 Å². The molecule has 0 spiro atoms. The summed E-state index contributed by atoms with van der Waals surface area (Å²) >= 11 is 6.06. The predicted octanol–water partition coefficient (Wildman–Crippen LogP) is 2.64. The second-order valence-electron chi connectivity index (χ2n) is 6.32. The van der Waals surface area contributed by atoms with Gasteiger partial charge in [-0.3, -0.25) is 4.99 Å². The van der Waals surface area contributed by atoms with E-state index < -0.39 is 0 Å². The van der Waals surface area contributed by atoms with E-state index in [9.17, 15) is 0 Å². The maximum absolute atomic E-state index is 6.06. The number of hydrogen-bond acceptors (Lipinski definition) is 4. The van der Waals surface area contributed by atoms with Gasteiger partial charge in [-0.1, -0.05) is 23.7 Å². The fourth-order valence-electron chi connectivity index (χ4n) is 2.80. The van der Waals surface area contributed by atoms with Crippen LogP contribution in [0.2, 0.25) is 5.02 Å². The fraction of sp³-hybridized carbons (Fsp3) is 0.632. The van der Waals surface area contributed by atoms with Gasteiger partial charge < -0.3 is 24.8 Å². The van der Waals surface area contributed by atoms with Crippen LogP contribution in [0.5, 0.6) is 0 Å². The first-order valence-corrected chi connectivity index (χ1v) is 9.49. The van der Waals surface area contributed by atoms with Crippen molar-refractivity contribution in [2.24, 2.45) is 10.9 Å². The lowest BCUT2D eigenvalue weighted by Crippen LogP contribution is -2.40. The zero-order valence-corrected chi connectivity index (χ0v) is 16.4. The minimum Gasteiger partial charge on any atom is -0.381 e. The zero-order valence-electron chi connectivity index (χ0n) is 15.7. The highest BCUT2D eigenvalue weighted by molar-refractivity contribution is 6.30. The molecule has 146 valence electrons. The third-order valence-electron chi connectivity index (χ3n) is 4.32. The van der Waals surface area contributed by atoms with Crippen LogP contribution in [0.1, 0.15) is 24.5 Å². The minimum atomic E-state index is -0.0933. The molecule has 0 aliphatic carbocycles. The molecule has 1 aliphatic heterocycles. The summed E-state index contributed by atoms with van der Waals surface area (Å²) in [6.07, 6.45) is 1.95. The largest absolute Gasteiger partial charge is 0.381 e. The Kier molecular flexibility index (Phi) is 9.77. The standard InChI is InChI=1S/C19H30ClN3O3/c1-21-19(22-8-4-9-25-13-15-7-10-26-14-15)23-12-18(24-2)16-5-3-6-17(20)11-16/h3,5-6,11,15,18H,4,7-10,12-14H2,1-2H3,(H2,21,22,23). The van der Waals surface area contributed by atoms with Crippen LogP contribution in [0.4, 0.5) is 0 Å². The molecule has 1 fully saturated rings. The summed E-state index contributed by atoms with van der Waals surface area (Å²) in [7, 11) is 3.45. The number of guanidine groups is 1. The third kappa shape index (κ3) is 7.50. The smallest absolute Gasteiger partial charge is 0.191 e. The Hall–Kier alpha value is -1.34. The van der Waals surface area contributed by atoms with E-state index >= 15 is 0 Å². The van der Waals surface area contributed by atoms with Crippen LogP contribution >= 0.6 is 11.6 Å². The van der Waals surface area contributed by atoms with Gasteiger partial charge in [0.05, 0.1) is 19.3 Å². The van der Waals surface area contributed by atoms with Crippen molar-refractivity contribution in [1.82, 2.24) is 10.6 Å². The number of rotatable bonds is 10. The van der Waals surface area contributed by atoms with Crippen molar-refractivity contribution in [3.8, 4) is 0 Å². The Morgan fingerprint density at radius 3 is 3.00 bits per heavy atom. The summed E-state index contributed by atoms with van der Waals surface area (Å²) in [5, 5.41) is 7.29. The van der Waals surface area contributed by atoms with E-state index in [1.807, 2.05) is 24.3 Å². The lowest BCUT2D eigenvalue weighted by Gasteiger charge is -2.19. The van der Waals surface area contributed by atoms with Crippen LogP contribution in [0.3, 0.4) is 0 Å². The highest BCUT2D eigenvalue weighted by atomic mass is 35.5. The minimum absolute atomic E-state index is 0.0933. The molecule has 1 aromatic carbocycles. The van der Waals surface area contributed by atoms with Gasteiger partial charge >= 0.3 is 0 Å². The van der Waals surface area contributed by atoms with Crippen molar-refractivity contribution in [2.75, 3.05) is 53.7 Å². The van der Waals surface area contributed by atoms with Crippen LogP contribution in [-0.2, 0) is 14.2 Å². The maximum Gasteiger partial charge on any atom is 0.191 e. The highest BCUT2D eigenvalue weighted by Gasteiger charge is 2.15. The second-order valence-corrected chi connectivity index (χ2v) is 6.75. The average Bonchev–Trinajstić information content (AvgIpc) is 3.16. The Bertz CT molecular complexity index is 551. The van der Waals surface area contributed by atoms with E-state index in [1.165, 1.54) is 0 Å². The SMILES string of the molecule is CN=C(NCCCOCC1CCOC1)NCC(OC)c1cccc(Cl)c1. The van der Waals surface area contributed by atoms with Crippen LogP contribution in [0.15, 0.2) is 29.3 Å². The van der Waals surface area contributed by atoms with Crippen molar-refractivity contribution in [2.45, 2.75) is 18.9 Å². The Balaban J connectivity index is 1.62. The molecule has 1 heterocycles. The predicted molar refractivity (Wildman–Crippen MR) is 105 cm³/mol. The second kappa shape index (κ2) is 12.1. The number of nitrogens with one attached hydrogen (secondary N) is 2. The molecule has 6 nitrogen and oxygen atoms in total. The quantitative estimate of drug-likeness (QED) is 0.369. The number of hydrogen-bond donors (Lipinski definition) is 2. The van der Waals surface area contributed by atoms with Gasteiger partial charge in [0.2, 0.25) is 0 Å². The summed E-state index contributed by atoms with van der Waals surface area (Å²) in [4.78, 5) is 4.24. The Morgan fingerprint density at radius 1 is 1.42 bits per heavy atom. The molecule has 2 atom stereocenters. The van der Waals surface area contributed by atoms with E-state index in [1.54, 1.807) is 14.2 Å². The average molecular weight is 384 g/mol. The van der Waals surface area contributed by atoms with Gasteiger partial charge in [-0.2, -0.15) is 0 Å². The van der Waals surface area contributed by atoms with Crippen molar-refractivity contribution < 1.29 is 14.2 Å². The molecule has 0 bridgehead atoms. The molecular formula is C19H30ClN3O3. The van der Waals surface area contributed by atoms with Gasteiger partial charge in [0.1, 0.15) is 0 Å². The first-order chi connectivity index (χ1) is 12.7. The van der Waals surface area contributed by atoms with Crippen LogP contribution in [0, 0.1) is 5.92 Å². The molecular weight excluding hydrogens is 354 g/mol. The third-order valence-corrected chi connectivity index (χ3v) is 4.55. The van der Waals surface area contributed by atoms with E-state index in [4.69, 9.17) is 25.8 Å². The van der Waals surface area contributed by atoms with Crippen LogP contribution in [-0.4, -0.2) is 59.6 Å². The Morgan fingerprint density at radius 2 is 2.31 bits per heavy atom. The molecule has 1 saturated heterocycles. The van der Waals surface area contributed by atoms with E-state index in [-0.39, 0.29) is 6.10 Å². The first-order valence-electron chi connectivity index (χ1n) is 9.11. The number of benzene rings is 1. The molecule has 2 unspecified atom stereocenters. The molecule has 1 aliphatic rings. The van der Waals surface area contributed by atoms with Crippen molar-refractivity contribution in [1.29, 1.82) is 0 Å². The topological polar surface area (TPSA) is 64.1 Å². The normalized spacial score (nSPS) is 18.7. The summed E-state index contributed by atoms with van der Waals surface area (Å²) in [6, 6.07) is 7.70. The zero-order chi connectivity index (χ0) is 18.6. The molecule has 0 amide bonds. The monoisotopic (exact) mass is 383 g/mol. The maximum atomic E-state index is 6.06. The van der Waals surface area contributed by atoms with Gasteiger partial charge in [-0.05, 0) is 30.5 Å². The number of methoxy groups -OCH3 is 1. The molecule has 7 heteroatoms. The molecule has 0 radical (unpaired) electrons. The number of aliphatic imine (C=N–C) groups is 1. The molecule has 2 N–H and O–H groups in total. The van der Waals surface area contributed by atoms with Crippen LogP contribution < -0.4 is 10.6 Å². The van der Waals surface area contributed by atoms with Gasteiger partial charge in [0.15, 0.2) is 5.96 Å². The lowest BCUT2D eigenvalue weighted by molar-refractivity contribution is 0.0887. The fourth-order valence-corrected chi connectivity index (χ4v) is 3.00. The van der Waals surface area contributed by atoms with Crippen molar-refractivity contribution >= 4 is 17.6 Å². The number of nitrogens with zero attached hydrogens (tertiary/aromatic N) is 1. The molecule has 26 heavy (non-hydrogen) atoms. The number of ether oxygens (including phenoxy) is 3. The molecule has 0 saturated carbocycles. The van der Waals surface area contributed by atoms with Gasteiger partial charge in [0.25, 0.3) is 0 Å². The molecule has 1 aromatic rings. The van der Waals surface area contributed by atoms with E-state index in [0.29, 0.717) is 17.5 Å². The summed E-state index contributed by atoms with van der Waals surface area (Å²) in [5.41, 5.74) is 1.03. The summed E-state index contributed by atoms with van der Waals surface area (Å²) in [6.45, 7) is 4.65. The molecule has 0 aromatic heterocycles. The molecule has 2 rings (SSSR count). The highest BCUT2D eigenvalue weighted by Crippen LogP contribution is 2.19. The van der Waals surface area contributed by atoms with Gasteiger partial charge in [-0.15, -0.1) is 0 Å². The van der Waals surface area contributed by atoms with Crippen molar-refractivity contribution in [3.63, 3.8) is 0 Å². The van der Waals surface area contributed by atoms with E-state index in [0.717, 1.165) is 57.3 Å². The lowest BCUT2D eigenvalue weighted by atomic mass is 10.1. The summed E-state index contributed by atoms with van der Waals surface area (Å²) in [5.74, 6) is 1.31. The Labute approximate surface area is 161 Å². The first kappa shape index (κ1) is 21.0. The van der Waals surface area contributed by atoms with Gasteiger partial charge in [-0.25, -0.2) is 0 Å². The van der Waals surface area contributed by atoms with Crippen LogP contribution in [0.25, 0.3) is 0 Å². The summed E-state index contributed by atoms with van der Waals surface area (Å²) < 4.78 is 16.6. The van der Waals surface area contributed by atoms with Crippen molar-refractivity contribution in [3.05, 3.63) is 34.9 Å².